The van der Waals surface area contributed by atoms with Gasteiger partial charge in [-0.1, -0.05) is 0 Å². The summed E-state index contributed by atoms with van der Waals surface area (Å²) in [6, 6.07) is 0. The molecule has 0 saturated heterocycles. The van der Waals surface area contributed by atoms with Crippen LogP contribution in [0.4, 0.5) is 0 Å². The standard InChI is InChI=1S/C2H4O2.Ce.Cu/c1-2(3)4;;/h1H3,(H,3,4);;. The zero-order chi connectivity index (χ0) is 3.58. The Labute approximate surface area is 80.5 Å². The summed E-state index contributed by atoms with van der Waals surface area (Å²) in [5, 5.41) is 7.42. The molecule has 1 N–H and O–H groups in total. The summed E-state index contributed by atoms with van der Waals surface area (Å²) in [7, 11) is 0. The van der Waals surface area contributed by atoms with Crippen LogP contribution in [0.1, 0.15) is 6.92 Å². The Kier molecular flexibility index (Phi) is 25.1. The maximum atomic E-state index is 9.00. The summed E-state index contributed by atoms with van der Waals surface area (Å²) in [5.41, 5.74) is 0. The van der Waals surface area contributed by atoms with Gasteiger partial charge in [0.1, 0.15) is 0 Å². The fourth-order valence-corrected chi connectivity index (χ4v) is 0. The molecule has 2 nitrogen and oxygen atoms in total. The SMILES string of the molecule is CC(=O)O.[Ce].[Cu]. The van der Waals surface area contributed by atoms with Crippen molar-refractivity contribution >= 4 is 5.97 Å². The minimum absolute atomic E-state index is 0. The second kappa shape index (κ2) is 9.62. The largest absolute Gasteiger partial charge is 0.481 e. The van der Waals surface area contributed by atoms with Crippen LogP contribution in [0, 0.1) is 41.7 Å². The Hall–Kier alpha value is 1.37. The van der Waals surface area contributed by atoms with Gasteiger partial charge in [-0.3, -0.25) is 4.79 Å². The zero-order valence-corrected chi connectivity index (χ0v) is 7.24. The van der Waals surface area contributed by atoms with E-state index >= 15 is 0 Å². The summed E-state index contributed by atoms with van der Waals surface area (Å²) in [4.78, 5) is 9.00. The van der Waals surface area contributed by atoms with Crippen LogP contribution in [-0.2, 0) is 21.9 Å². The molecule has 0 fully saturated rings. The average molecular weight is 264 g/mol. The van der Waals surface area contributed by atoms with Crippen LogP contribution in [0.15, 0.2) is 0 Å². The molecular weight excluding hydrogens is 260 g/mol. The van der Waals surface area contributed by atoms with Gasteiger partial charge in [0.05, 0.1) is 0 Å². The van der Waals surface area contributed by atoms with Crippen molar-refractivity contribution in [2.24, 2.45) is 0 Å². The predicted molar refractivity (Wildman–Crippen MR) is 13.3 cm³/mol. The van der Waals surface area contributed by atoms with Gasteiger partial charge < -0.3 is 5.11 Å². The first-order valence-electron chi connectivity index (χ1n) is 0.928. The molecule has 0 aliphatic carbocycles. The fraction of sp³-hybridized carbons (Fsp3) is 0.500. The van der Waals surface area contributed by atoms with E-state index in [1.807, 2.05) is 0 Å². The van der Waals surface area contributed by atoms with E-state index in [-0.39, 0.29) is 58.8 Å². The molecule has 1 radical (unpaired) electrons. The maximum absolute atomic E-state index is 9.00. The summed E-state index contributed by atoms with van der Waals surface area (Å²) in [6.07, 6.45) is 0. The van der Waals surface area contributed by atoms with Crippen molar-refractivity contribution in [3.63, 3.8) is 0 Å². The monoisotopic (exact) mass is 263 g/mol. The molecule has 0 atom stereocenters. The van der Waals surface area contributed by atoms with Crippen LogP contribution in [-0.4, -0.2) is 11.1 Å². The first-order chi connectivity index (χ1) is 1.73. The van der Waals surface area contributed by atoms with Crippen LogP contribution >= 0.6 is 0 Å². The first kappa shape index (κ1) is 15.7. The second-order valence-corrected chi connectivity index (χ2v) is 0.519. The molecule has 0 rings (SSSR count). The minimum Gasteiger partial charge on any atom is -0.481 e. The third kappa shape index (κ3) is 54.8. The van der Waals surface area contributed by atoms with Crippen molar-refractivity contribution in [2.45, 2.75) is 6.92 Å². The Morgan fingerprint density at radius 3 is 1.67 bits per heavy atom. The topological polar surface area (TPSA) is 37.3 Å². The van der Waals surface area contributed by atoms with Crippen molar-refractivity contribution < 1.29 is 68.7 Å². The molecule has 39 valence electrons. The normalized spacial score (nSPS) is 4.17. The van der Waals surface area contributed by atoms with Gasteiger partial charge in [-0.25, -0.2) is 0 Å². The van der Waals surface area contributed by atoms with Crippen LogP contribution in [0.2, 0.25) is 0 Å². The van der Waals surface area contributed by atoms with Crippen molar-refractivity contribution in [1.29, 1.82) is 0 Å². The van der Waals surface area contributed by atoms with E-state index in [4.69, 9.17) is 9.90 Å². The minimum atomic E-state index is -0.833. The van der Waals surface area contributed by atoms with Gasteiger partial charge in [-0.2, -0.15) is 0 Å². The molecule has 0 aromatic heterocycles. The first-order valence-corrected chi connectivity index (χ1v) is 0.928. The molecule has 0 heterocycles. The molecule has 4 heteroatoms. The smallest absolute Gasteiger partial charge is 0.300 e. The molecule has 0 amide bonds. The van der Waals surface area contributed by atoms with Gasteiger partial charge in [-0.15, -0.1) is 0 Å². The van der Waals surface area contributed by atoms with E-state index in [0.717, 1.165) is 6.92 Å². The Morgan fingerprint density at radius 2 is 1.67 bits per heavy atom. The Balaban J connectivity index is -0.0000000450. The van der Waals surface area contributed by atoms with Gasteiger partial charge in [0, 0.05) is 65.7 Å². The number of aliphatic carboxylic acids is 1. The van der Waals surface area contributed by atoms with Crippen LogP contribution in [0.25, 0.3) is 0 Å². The maximum Gasteiger partial charge on any atom is 0.300 e. The molecule has 0 saturated carbocycles. The van der Waals surface area contributed by atoms with Crippen molar-refractivity contribution in [1.82, 2.24) is 0 Å². The summed E-state index contributed by atoms with van der Waals surface area (Å²) in [5.74, 6) is -0.833. The van der Waals surface area contributed by atoms with Crippen molar-refractivity contribution in [3.8, 4) is 0 Å². The van der Waals surface area contributed by atoms with Crippen LogP contribution < -0.4 is 0 Å². The zero-order valence-electron chi connectivity index (χ0n) is 3.16. The molecule has 0 bridgehead atoms. The van der Waals surface area contributed by atoms with E-state index in [1.165, 1.54) is 0 Å². The summed E-state index contributed by atoms with van der Waals surface area (Å²) >= 11 is 0. The second-order valence-electron chi connectivity index (χ2n) is 0.519. The number of hydrogen-bond acceptors (Lipinski definition) is 1. The van der Waals surface area contributed by atoms with Gasteiger partial charge in [0.2, 0.25) is 0 Å². The van der Waals surface area contributed by atoms with Crippen molar-refractivity contribution in [2.75, 3.05) is 0 Å². The van der Waals surface area contributed by atoms with Gasteiger partial charge >= 0.3 is 0 Å². The van der Waals surface area contributed by atoms with E-state index < -0.39 is 5.97 Å². The molecular formula is C2H4CeCuO2. The van der Waals surface area contributed by atoms with Gasteiger partial charge in [-0.05, 0) is 0 Å². The number of carbonyl (C=O) groups is 1. The quantitative estimate of drug-likeness (QED) is 0.629. The molecule has 0 spiro atoms. The summed E-state index contributed by atoms with van der Waals surface area (Å²) < 4.78 is 0. The number of hydrogen-bond donors (Lipinski definition) is 1. The molecule has 0 aromatic carbocycles. The van der Waals surface area contributed by atoms with E-state index in [2.05, 4.69) is 0 Å². The Bertz CT molecular complexity index is 34.5. The molecule has 0 aliphatic rings. The average Bonchev–Trinajstić information content (AvgIpc) is 0.811. The van der Waals surface area contributed by atoms with E-state index in [0.29, 0.717) is 0 Å². The third-order valence-corrected chi connectivity index (χ3v) is 0. The molecule has 0 aliphatic heterocycles. The fourth-order valence-electron chi connectivity index (χ4n) is 0. The van der Waals surface area contributed by atoms with E-state index in [9.17, 15) is 0 Å². The van der Waals surface area contributed by atoms with Crippen LogP contribution in [0.3, 0.4) is 0 Å². The van der Waals surface area contributed by atoms with Crippen LogP contribution in [0.5, 0.6) is 0 Å². The predicted octanol–water partition coefficient (Wildman–Crippen LogP) is 0.0884. The van der Waals surface area contributed by atoms with E-state index in [1.54, 1.807) is 0 Å². The molecule has 0 aromatic rings. The Morgan fingerprint density at radius 1 is 1.67 bits per heavy atom. The molecule has 0 unspecified atom stereocenters. The van der Waals surface area contributed by atoms with Gasteiger partial charge in [0.25, 0.3) is 5.97 Å². The number of carboxylic acids is 1. The summed E-state index contributed by atoms with van der Waals surface area (Å²) in [6.45, 7) is 1.08. The molecule has 6 heavy (non-hydrogen) atoms. The third-order valence-electron chi connectivity index (χ3n) is 0. The van der Waals surface area contributed by atoms with Crippen molar-refractivity contribution in [3.05, 3.63) is 0 Å². The number of carboxylic acid groups (broad SMARTS) is 1. The van der Waals surface area contributed by atoms with Gasteiger partial charge in [0.15, 0.2) is 0 Å². The number of rotatable bonds is 0.